The number of rotatable bonds is 3. The van der Waals surface area contributed by atoms with Crippen LogP contribution in [-0.4, -0.2) is 46.2 Å². The van der Waals surface area contributed by atoms with Crippen LogP contribution in [0.5, 0.6) is 5.88 Å². The van der Waals surface area contributed by atoms with E-state index in [1.807, 2.05) is 0 Å². The monoisotopic (exact) mass is 295 g/mol. The number of hydrogen-bond acceptors (Lipinski definition) is 8. The molecule has 1 fully saturated rings. The van der Waals surface area contributed by atoms with Crippen molar-refractivity contribution >= 4 is 5.97 Å². The first-order valence-electron chi connectivity index (χ1n) is 6.08. The van der Waals surface area contributed by atoms with Crippen LogP contribution >= 0.6 is 0 Å². The minimum Gasteiger partial charge on any atom is -0.854 e. The normalized spacial score (nSPS) is 28.1. The maximum Gasteiger partial charge on any atom is 0.317 e. The SMILES string of the molecule is CC(=O)OCC1OC([n+]2ccc(C#N)c([O-])n2)C(O)C1O. The van der Waals surface area contributed by atoms with E-state index in [-0.39, 0.29) is 12.2 Å². The smallest absolute Gasteiger partial charge is 0.317 e. The Morgan fingerprint density at radius 2 is 2.33 bits per heavy atom. The van der Waals surface area contributed by atoms with Gasteiger partial charge in [0, 0.05) is 13.0 Å². The van der Waals surface area contributed by atoms with Gasteiger partial charge in [-0.3, -0.25) is 4.79 Å². The van der Waals surface area contributed by atoms with Gasteiger partial charge in [-0.25, -0.2) is 0 Å². The Labute approximate surface area is 119 Å². The molecule has 4 atom stereocenters. The molecule has 2 rings (SSSR count). The number of nitrogens with zero attached hydrogens (tertiary/aromatic N) is 3. The second-order valence-corrected chi connectivity index (χ2v) is 4.48. The van der Waals surface area contributed by atoms with Crippen molar-refractivity contribution in [1.82, 2.24) is 5.10 Å². The summed E-state index contributed by atoms with van der Waals surface area (Å²) in [6.07, 6.45) is -3.41. The zero-order chi connectivity index (χ0) is 15.6. The van der Waals surface area contributed by atoms with E-state index in [2.05, 4.69) is 5.10 Å². The predicted molar refractivity (Wildman–Crippen MR) is 61.1 cm³/mol. The number of ether oxygens (including phenoxy) is 2. The predicted octanol–water partition coefficient (Wildman–Crippen LogP) is -2.50. The fourth-order valence-electron chi connectivity index (χ4n) is 1.93. The summed E-state index contributed by atoms with van der Waals surface area (Å²) in [6, 6.07) is 2.91. The molecule has 9 heteroatoms. The van der Waals surface area contributed by atoms with Crippen LogP contribution in [0.25, 0.3) is 0 Å². The molecule has 0 aliphatic carbocycles. The van der Waals surface area contributed by atoms with Crippen molar-refractivity contribution in [3.63, 3.8) is 0 Å². The molecule has 1 aliphatic rings. The van der Waals surface area contributed by atoms with Gasteiger partial charge in [-0.2, -0.15) is 5.26 Å². The summed E-state index contributed by atoms with van der Waals surface area (Å²) in [6.45, 7) is 0.973. The summed E-state index contributed by atoms with van der Waals surface area (Å²) >= 11 is 0. The Hall–Kier alpha value is -2.28. The number of aromatic nitrogens is 2. The molecule has 0 aromatic carbocycles. The molecule has 1 aromatic heterocycles. The highest BCUT2D eigenvalue weighted by atomic mass is 16.6. The Kier molecular flexibility index (Phi) is 4.32. The van der Waals surface area contributed by atoms with Gasteiger partial charge in [-0.05, 0) is 5.10 Å². The summed E-state index contributed by atoms with van der Waals surface area (Å²) in [4.78, 5) is 10.7. The molecule has 1 saturated heterocycles. The van der Waals surface area contributed by atoms with Gasteiger partial charge in [0.1, 0.15) is 24.9 Å². The second kappa shape index (κ2) is 6.01. The minimum absolute atomic E-state index is 0.143. The second-order valence-electron chi connectivity index (χ2n) is 4.48. The van der Waals surface area contributed by atoms with E-state index < -0.39 is 36.4 Å². The number of aliphatic hydroxyl groups is 2. The molecule has 112 valence electrons. The van der Waals surface area contributed by atoms with Crippen LogP contribution in [0, 0.1) is 11.3 Å². The molecular weight excluding hydrogens is 282 g/mol. The van der Waals surface area contributed by atoms with E-state index in [4.69, 9.17) is 14.7 Å². The van der Waals surface area contributed by atoms with E-state index in [0.717, 1.165) is 4.68 Å². The molecule has 2 heterocycles. The van der Waals surface area contributed by atoms with Crippen LogP contribution < -0.4 is 9.79 Å². The fraction of sp³-hybridized carbons (Fsp3) is 0.500. The molecule has 0 amide bonds. The zero-order valence-electron chi connectivity index (χ0n) is 11.0. The van der Waals surface area contributed by atoms with Gasteiger partial charge in [-0.15, -0.1) is 0 Å². The first-order valence-corrected chi connectivity index (χ1v) is 6.08. The van der Waals surface area contributed by atoms with Gasteiger partial charge < -0.3 is 24.8 Å². The van der Waals surface area contributed by atoms with Crippen molar-refractivity contribution in [1.29, 1.82) is 5.26 Å². The molecule has 2 N–H and O–H groups in total. The minimum atomic E-state index is -1.35. The third-order valence-corrected chi connectivity index (χ3v) is 3.00. The summed E-state index contributed by atoms with van der Waals surface area (Å²) in [7, 11) is 0. The van der Waals surface area contributed by atoms with Crippen LogP contribution in [0.3, 0.4) is 0 Å². The standard InChI is InChI=1S/C12H13N3O6/c1-6(16)20-5-8-9(17)10(18)12(21-8)15-3-2-7(4-13)11(19)14-15/h2-3,8-10,12,17-18H,5H2,1H3. The maximum absolute atomic E-state index is 11.5. The quantitative estimate of drug-likeness (QED) is 0.460. The molecule has 1 aliphatic heterocycles. The van der Waals surface area contributed by atoms with Gasteiger partial charge >= 0.3 is 12.2 Å². The van der Waals surface area contributed by atoms with Gasteiger partial charge in [-0.1, -0.05) is 4.68 Å². The van der Waals surface area contributed by atoms with Gasteiger partial charge in [0.2, 0.25) is 6.20 Å². The first-order chi connectivity index (χ1) is 9.93. The highest BCUT2D eigenvalue weighted by molar-refractivity contribution is 5.65. The number of hydrogen-bond donors (Lipinski definition) is 2. The van der Waals surface area contributed by atoms with Gasteiger partial charge in [0.25, 0.3) is 0 Å². The fourth-order valence-corrected chi connectivity index (χ4v) is 1.93. The molecule has 4 unspecified atom stereocenters. The molecule has 0 spiro atoms. The molecule has 0 bridgehead atoms. The summed E-state index contributed by atoms with van der Waals surface area (Å²) in [5.74, 6) is -1.32. The van der Waals surface area contributed by atoms with Crippen molar-refractivity contribution in [3.8, 4) is 11.9 Å². The Balaban J connectivity index is 2.15. The molecule has 21 heavy (non-hydrogen) atoms. The lowest BCUT2D eigenvalue weighted by Crippen LogP contribution is -2.49. The topological polar surface area (TPSA) is 140 Å². The van der Waals surface area contributed by atoms with E-state index in [0.29, 0.717) is 0 Å². The average Bonchev–Trinajstić information content (AvgIpc) is 2.73. The lowest BCUT2D eigenvalue weighted by Gasteiger charge is -2.12. The third-order valence-electron chi connectivity index (χ3n) is 3.00. The number of aliphatic hydroxyl groups excluding tert-OH is 2. The Morgan fingerprint density at radius 3 is 2.90 bits per heavy atom. The first kappa shape index (κ1) is 15.1. The third kappa shape index (κ3) is 3.08. The molecule has 1 aromatic rings. The van der Waals surface area contributed by atoms with Crippen LogP contribution in [0.15, 0.2) is 12.3 Å². The number of nitriles is 1. The van der Waals surface area contributed by atoms with Gasteiger partial charge in [0.05, 0.1) is 11.4 Å². The average molecular weight is 295 g/mol. The van der Waals surface area contributed by atoms with E-state index in [1.54, 1.807) is 6.07 Å². The highest BCUT2D eigenvalue weighted by Crippen LogP contribution is 2.25. The molecule has 0 radical (unpaired) electrons. The van der Waals surface area contributed by atoms with Crippen LogP contribution in [0.1, 0.15) is 18.7 Å². The number of carbonyl (C=O) groups excluding carboxylic acids is 1. The molecule has 9 nitrogen and oxygen atoms in total. The van der Waals surface area contributed by atoms with Crippen molar-refractivity contribution < 1.29 is 34.3 Å². The van der Waals surface area contributed by atoms with Crippen LogP contribution in [0.2, 0.25) is 0 Å². The number of carbonyl (C=O) groups is 1. The number of esters is 1. The van der Waals surface area contributed by atoms with Crippen molar-refractivity contribution in [2.45, 2.75) is 31.5 Å². The van der Waals surface area contributed by atoms with Gasteiger partial charge in [0.15, 0.2) is 6.10 Å². The largest absolute Gasteiger partial charge is 0.854 e. The molecular formula is C12H13N3O6. The Morgan fingerprint density at radius 1 is 1.62 bits per heavy atom. The summed E-state index contributed by atoms with van der Waals surface area (Å²) < 4.78 is 11.1. The van der Waals surface area contributed by atoms with Crippen molar-refractivity contribution in [3.05, 3.63) is 17.8 Å². The van der Waals surface area contributed by atoms with E-state index in [9.17, 15) is 20.1 Å². The summed E-state index contributed by atoms with van der Waals surface area (Å²) in [5.41, 5.74) is -0.143. The highest BCUT2D eigenvalue weighted by Gasteiger charge is 2.49. The van der Waals surface area contributed by atoms with E-state index in [1.165, 1.54) is 19.2 Å². The van der Waals surface area contributed by atoms with Crippen molar-refractivity contribution in [2.24, 2.45) is 0 Å². The lowest BCUT2D eigenvalue weighted by molar-refractivity contribution is -0.817. The van der Waals surface area contributed by atoms with Crippen LogP contribution in [0.4, 0.5) is 0 Å². The van der Waals surface area contributed by atoms with Crippen molar-refractivity contribution in [2.75, 3.05) is 6.61 Å². The zero-order valence-corrected chi connectivity index (χ0v) is 11.0. The van der Waals surface area contributed by atoms with E-state index >= 15 is 0 Å². The lowest BCUT2D eigenvalue weighted by atomic mass is 10.1. The molecule has 0 saturated carbocycles. The Bertz CT molecular complexity index is 587. The maximum atomic E-state index is 11.5. The van der Waals surface area contributed by atoms with Crippen LogP contribution in [-0.2, 0) is 14.3 Å². The summed E-state index contributed by atoms with van der Waals surface area (Å²) in [5, 5.41) is 43.5.